The average molecular weight is 881 g/mol. The summed E-state index contributed by atoms with van der Waals surface area (Å²) in [7, 11) is 0. The van der Waals surface area contributed by atoms with E-state index in [1.165, 1.54) is 43.4 Å². The summed E-state index contributed by atoms with van der Waals surface area (Å²) in [5, 5.41) is 13.8. The number of para-hydroxylation sites is 2. The molecule has 0 radical (unpaired) electrons. The molecule has 4 heterocycles. The molecule has 0 fully saturated rings. The Kier molecular flexibility index (Phi) is 7.97. The van der Waals surface area contributed by atoms with Gasteiger partial charge in [-0.1, -0.05) is 158 Å². The van der Waals surface area contributed by atoms with E-state index in [4.69, 9.17) is 23.8 Å². The maximum atomic E-state index is 6.94. The average Bonchev–Trinajstić information content (AvgIpc) is 4.10. The van der Waals surface area contributed by atoms with Gasteiger partial charge in [0.05, 0.1) is 16.6 Å². The maximum absolute atomic E-state index is 6.94. The van der Waals surface area contributed by atoms with Gasteiger partial charge in [-0.25, -0.2) is 15.0 Å². The smallest absolute Gasteiger partial charge is 0.167 e. The van der Waals surface area contributed by atoms with E-state index in [2.05, 4.69) is 193 Å². The second-order valence-electron chi connectivity index (χ2n) is 17.9. The van der Waals surface area contributed by atoms with Crippen molar-refractivity contribution in [2.75, 3.05) is 0 Å². The highest BCUT2D eigenvalue weighted by atomic mass is 16.3. The predicted molar refractivity (Wildman–Crippen MR) is 283 cm³/mol. The molecule has 0 N–H and O–H groups in total. The number of fused-ring (bicyclic) bond motifs is 14. The first-order valence-electron chi connectivity index (χ1n) is 23.2. The summed E-state index contributed by atoms with van der Waals surface area (Å²) >= 11 is 0. The van der Waals surface area contributed by atoms with Crippen molar-refractivity contribution < 1.29 is 8.83 Å². The molecule has 320 valence electrons. The van der Waals surface area contributed by atoms with Gasteiger partial charge in [0.1, 0.15) is 22.3 Å². The third-order valence-corrected chi connectivity index (χ3v) is 14.0. The largest absolute Gasteiger partial charge is 0.456 e. The molecule has 0 aliphatic rings. The fourth-order valence-electron chi connectivity index (χ4n) is 10.7. The molecular formula is C63H36N4O2. The highest BCUT2D eigenvalue weighted by molar-refractivity contribution is 6.24. The normalized spacial score (nSPS) is 12.1. The number of furan rings is 2. The van der Waals surface area contributed by atoms with Crippen molar-refractivity contribution in [3.05, 3.63) is 218 Å². The van der Waals surface area contributed by atoms with E-state index in [9.17, 15) is 0 Å². The number of rotatable bonds is 5. The fraction of sp³-hybridized carbons (Fsp3) is 0. The predicted octanol–water partition coefficient (Wildman–Crippen LogP) is 16.9. The van der Waals surface area contributed by atoms with Crippen LogP contribution in [0.15, 0.2) is 227 Å². The summed E-state index contributed by atoms with van der Waals surface area (Å²) in [6.45, 7) is 0. The van der Waals surface area contributed by atoms with Gasteiger partial charge in [-0.2, -0.15) is 0 Å². The first-order chi connectivity index (χ1) is 34.2. The van der Waals surface area contributed by atoms with Gasteiger partial charge in [-0.3, -0.25) is 0 Å². The lowest BCUT2D eigenvalue weighted by Gasteiger charge is -2.11. The summed E-state index contributed by atoms with van der Waals surface area (Å²) < 4.78 is 15.7. The molecule has 4 aromatic heterocycles. The molecule has 0 aliphatic carbocycles. The molecule has 6 nitrogen and oxygen atoms in total. The summed E-state index contributed by atoms with van der Waals surface area (Å²) in [6.07, 6.45) is 0. The monoisotopic (exact) mass is 880 g/mol. The minimum atomic E-state index is 0.520. The minimum Gasteiger partial charge on any atom is -0.456 e. The molecule has 0 atom stereocenters. The fourth-order valence-corrected chi connectivity index (χ4v) is 10.7. The molecule has 0 saturated carbocycles. The van der Waals surface area contributed by atoms with Crippen LogP contribution in [0.1, 0.15) is 0 Å². The number of nitrogens with zero attached hydrogens (tertiary/aromatic N) is 4. The van der Waals surface area contributed by atoms with Gasteiger partial charge in [0, 0.05) is 49.1 Å². The molecule has 0 aliphatic heterocycles. The Morgan fingerprint density at radius 1 is 0.304 bits per heavy atom. The summed E-state index contributed by atoms with van der Waals surface area (Å²) in [6, 6.07) is 77.0. The van der Waals surface area contributed by atoms with Crippen molar-refractivity contribution in [1.29, 1.82) is 0 Å². The van der Waals surface area contributed by atoms with Crippen LogP contribution in [0, 0.1) is 0 Å². The van der Waals surface area contributed by atoms with Crippen molar-refractivity contribution in [3.63, 3.8) is 0 Å². The summed E-state index contributed by atoms with van der Waals surface area (Å²) in [5.74, 6) is 1.62. The van der Waals surface area contributed by atoms with Crippen LogP contribution < -0.4 is 0 Å². The van der Waals surface area contributed by atoms with E-state index >= 15 is 0 Å². The Hall–Kier alpha value is -9.39. The van der Waals surface area contributed by atoms with E-state index in [0.717, 1.165) is 88.2 Å². The van der Waals surface area contributed by atoms with Gasteiger partial charge in [0.25, 0.3) is 0 Å². The van der Waals surface area contributed by atoms with Crippen molar-refractivity contribution in [1.82, 2.24) is 19.5 Å². The molecule has 15 aromatic rings. The SMILES string of the molecule is c1ccc(-c2ccc(-c3nc(-c4ccc5c(c4)oc4ccccc45)nc(-c4cccc5c4oc4ccc6ccc(-n7c8cc9ccccc9cc8c8c9ccccc9ccc87)cc6c45)n3)cc2)cc1. The van der Waals surface area contributed by atoms with E-state index < -0.39 is 0 Å². The van der Waals surface area contributed by atoms with Crippen LogP contribution in [0.3, 0.4) is 0 Å². The zero-order valence-electron chi connectivity index (χ0n) is 36.9. The Morgan fingerprint density at radius 3 is 1.81 bits per heavy atom. The van der Waals surface area contributed by atoms with Gasteiger partial charge < -0.3 is 13.4 Å². The quantitative estimate of drug-likeness (QED) is 0.172. The topological polar surface area (TPSA) is 69.9 Å². The lowest BCUT2D eigenvalue weighted by molar-refractivity contribution is 0.668. The Labute approximate surface area is 394 Å². The third kappa shape index (κ3) is 5.82. The molecule has 0 spiro atoms. The van der Waals surface area contributed by atoms with Gasteiger partial charge in [-0.15, -0.1) is 0 Å². The van der Waals surface area contributed by atoms with Gasteiger partial charge in [0.15, 0.2) is 17.5 Å². The van der Waals surface area contributed by atoms with Gasteiger partial charge >= 0.3 is 0 Å². The van der Waals surface area contributed by atoms with E-state index in [-0.39, 0.29) is 0 Å². The first-order valence-corrected chi connectivity index (χ1v) is 23.2. The minimum absolute atomic E-state index is 0.520. The molecule has 0 unspecified atom stereocenters. The van der Waals surface area contributed by atoms with Crippen LogP contribution in [-0.2, 0) is 0 Å². The maximum Gasteiger partial charge on any atom is 0.167 e. The second-order valence-corrected chi connectivity index (χ2v) is 17.9. The Morgan fingerprint density at radius 2 is 0.942 bits per heavy atom. The van der Waals surface area contributed by atoms with Crippen LogP contribution in [-0.4, -0.2) is 19.5 Å². The van der Waals surface area contributed by atoms with Crippen molar-refractivity contribution in [2.45, 2.75) is 0 Å². The van der Waals surface area contributed by atoms with Crippen LogP contribution in [0.25, 0.3) is 149 Å². The third-order valence-electron chi connectivity index (χ3n) is 14.0. The number of benzene rings is 11. The summed E-state index contributed by atoms with van der Waals surface area (Å²) in [4.78, 5) is 15.6. The highest BCUT2D eigenvalue weighted by Gasteiger charge is 2.22. The van der Waals surface area contributed by atoms with Crippen molar-refractivity contribution in [2.24, 2.45) is 0 Å². The standard InChI is InChI=1S/C63H36N4O2/c1-2-11-37(12-3-1)38-21-23-41(24-22-38)61-64-62(44-26-30-48-47-17-8-9-20-55(47)68-57(48)35-44)66-63(65-61)50-19-10-18-49-59-51-36-45(29-25-40(51)28-32-56(59)69-60(49)50)67-53-31-27-39-13-6-7-16-46(39)58(53)52-33-42-14-4-5-15-43(42)34-54(52)67/h1-36H. The van der Waals surface area contributed by atoms with E-state index in [0.29, 0.717) is 17.5 Å². The highest BCUT2D eigenvalue weighted by Crippen LogP contribution is 2.43. The van der Waals surface area contributed by atoms with Gasteiger partial charge in [0.2, 0.25) is 0 Å². The molecule has 69 heavy (non-hydrogen) atoms. The number of hydrogen-bond acceptors (Lipinski definition) is 5. The summed E-state index contributed by atoms with van der Waals surface area (Å²) in [5.41, 5.74) is 11.3. The molecule has 0 amide bonds. The van der Waals surface area contributed by atoms with Crippen molar-refractivity contribution in [3.8, 4) is 51.0 Å². The second kappa shape index (κ2) is 14.6. The van der Waals surface area contributed by atoms with Crippen LogP contribution in [0.2, 0.25) is 0 Å². The number of hydrogen-bond donors (Lipinski definition) is 0. The first kappa shape index (κ1) is 37.8. The molecule has 0 saturated heterocycles. The molecule has 0 bridgehead atoms. The van der Waals surface area contributed by atoms with E-state index in [1.54, 1.807) is 0 Å². The lowest BCUT2D eigenvalue weighted by atomic mass is 10.0. The number of aromatic nitrogens is 4. The lowest BCUT2D eigenvalue weighted by Crippen LogP contribution is -2.00. The van der Waals surface area contributed by atoms with Crippen LogP contribution >= 0.6 is 0 Å². The molecular weight excluding hydrogens is 845 g/mol. The van der Waals surface area contributed by atoms with Crippen LogP contribution in [0.4, 0.5) is 0 Å². The van der Waals surface area contributed by atoms with E-state index in [1.807, 2.05) is 30.3 Å². The molecule has 11 aromatic carbocycles. The Bertz CT molecular complexity index is 4600. The van der Waals surface area contributed by atoms with Crippen LogP contribution in [0.5, 0.6) is 0 Å². The van der Waals surface area contributed by atoms with Gasteiger partial charge in [-0.05, 0) is 104 Å². The molecule has 6 heteroatoms. The Balaban J connectivity index is 0.931. The van der Waals surface area contributed by atoms with Crippen molar-refractivity contribution >= 4 is 98.0 Å². The zero-order chi connectivity index (χ0) is 45.2. The zero-order valence-corrected chi connectivity index (χ0v) is 36.9. The molecule has 15 rings (SSSR count).